The number of rotatable bonds is 4. The van der Waals surface area contributed by atoms with Gasteiger partial charge in [-0.1, -0.05) is 50.1 Å². The van der Waals surface area contributed by atoms with Crippen LogP contribution in [0.15, 0.2) is 18.2 Å². The Kier molecular flexibility index (Phi) is 5.04. The largest absolute Gasteiger partial charge is 0.0928 e. The minimum Gasteiger partial charge on any atom is -0.0928 e. The first kappa shape index (κ1) is 11.3. The molecule has 0 aliphatic rings. The van der Waals surface area contributed by atoms with E-state index in [1.807, 2.05) is 0 Å². The zero-order chi connectivity index (χ0) is 9.68. The van der Waals surface area contributed by atoms with Crippen molar-refractivity contribution in [2.45, 2.75) is 25.1 Å². The summed E-state index contributed by atoms with van der Waals surface area (Å²) < 4.78 is 0. The zero-order valence-electron chi connectivity index (χ0n) is 7.82. The van der Waals surface area contributed by atoms with Gasteiger partial charge in [-0.2, -0.15) is 0 Å². The molecular weight excluding hydrogens is 292 g/mol. The predicted octanol–water partition coefficient (Wildman–Crippen LogP) is 4.22. The maximum Gasteiger partial charge on any atom is 0.0283 e. The molecule has 0 radical (unpaired) electrons. The van der Waals surface area contributed by atoms with Gasteiger partial charge < -0.3 is 0 Å². The van der Waals surface area contributed by atoms with Crippen molar-refractivity contribution in [3.05, 3.63) is 34.9 Å². The highest BCUT2D eigenvalue weighted by Crippen LogP contribution is 2.15. The van der Waals surface area contributed by atoms with Gasteiger partial charge in [0.1, 0.15) is 0 Å². The van der Waals surface area contributed by atoms with Crippen LogP contribution in [0, 0.1) is 6.92 Å². The molecule has 13 heavy (non-hydrogen) atoms. The minimum absolute atomic E-state index is 0.951. The van der Waals surface area contributed by atoms with Gasteiger partial charge in [-0.3, -0.25) is 0 Å². The first-order chi connectivity index (χ1) is 6.27. The van der Waals surface area contributed by atoms with Crippen molar-refractivity contribution >= 4 is 31.9 Å². The van der Waals surface area contributed by atoms with Crippen LogP contribution in [0.4, 0.5) is 0 Å². The summed E-state index contributed by atoms with van der Waals surface area (Å²) in [6.07, 6.45) is 2.40. The highest BCUT2D eigenvalue weighted by Gasteiger charge is 1.98. The van der Waals surface area contributed by atoms with Crippen LogP contribution in [-0.4, -0.2) is 5.33 Å². The average molecular weight is 306 g/mol. The van der Waals surface area contributed by atoms with Gasteiger partial charge in [-0.15, -0.1) is 0 Å². The molecule has 0 atom stereocenters. The van der Waals surface area contributed by atoms with Crippen molar-refractivity contribution in [1.29, 1.82) is 0 Å². The van der Waals surface area contributed by atoms with Crippen molar-refractivity contribution in [3.63, 3.8) is 0 Å². The van der Waals surface area contributed by atoms with Crippen molar-refractivity contribution in [1.82, 2.24) is 0 Å². The molecule has 0 bridgehead atoms. The molecule has 0 aliphatic heterocycles. The van der Waals surface area contributed by atoms with Crippen molar-refractivity contribution in [2.24, 2.45) is 0 Å². The number of benzene rings is 1. The molecule has 0 N–H and O–H groups in total. The molecule has 0 spiro atoms. The lowest BCUT2D eigenvalue weighted by molar-refractivity contribution is 0.928. The molecule has 1 aromatic carbocycles. The lowest BCUT2D eigenvalue weighted by Crippen LogP contribution is -1.91. The first-order valence-electron chi connectivity index (χ1n) is 4.48. The van der Waals surface area contributed by atoms with Crippen LogP contribution < -0.4 is 0 Å². The lowest BCUT2D eigenvalue weighted by atomic mass is 10.0. The molecule has 0 saturated heterocycles. The third-order valence-corrected chi connectivity index (χ3v) is 3.35. The number of hydrogen-bond acceptors (Lipinski definition) is 0. The summed E-state index contributed by atoms with van der Waals surface area (Å²) in [6.45, 7) is 2.19. The molecule has 0 unspecified atom stereocenters. The second-order valence-electron chi connectivity index (χ2n) is 3.19. The standard InChI is InChI=1S/C11H14Br2/c1-9-7-10(8-13)4-5-11(9)3-2-6-12/h4-5,7H,2-3,6,8H2,1H3. The maximum atomic E-state index is 3.46. The van der Waals surface area contributed by atoms with Crippen LogP contribution >= 0.6 is 31.9 Å². The fraction of sp³-hybridized carbons (Fsp3) is 0.455. The van der Waals surface area contributed by atoms with Crippen molar-refractivity contribution in [3.8, 4) is 0 Å². The number of halogens is 2. The lowest BCUT2D eigenvalue weighted by Gasteiger charge is -2.06. The smallest absolute Gasteiger partial charge is 0.0283 e. The van der Waals surface area contributed by atoms with Gasteiger partial charge in [-0.05, 0) is 36.5 Å². The summed E-state index contributed by atoms with van der Waals surface area (Å²) in [5.74, 6) is 0. The highest BCUT2D eigenvalue weighted by molar-refractivity contribution is 9.09. The zero-order valence-corrected chi connectivity index (χ0v) is 11.0. The Balaban J connectivity index is 2.73. The normalized spacial score (nSPS) is 10.4. The quantitative estimate of drug-likeness (QED) is 0.731. The van der Waals surface area contributed by atoms with E-state index < -0.39 is 0 Å². The molecule has 1 aromatic rings. The Morgan fingerprint density at radius 3 is 2.54 bits per heavy atom. The van der Waals surface area contributed by atoms with Gasteiger partial charge in [0.15, 0.2) is 0 Å². The van der Waals surface area contributed by atoms with Gasteiger partial charge in [0.2, 0.25) is 0 Å². The number of hydrogen-bond donors (Lipinski definition) is 0. The van der Waals surface area contributed by atoms with E-state index in [1.165, 1.54) is 29.5 Å². The molecule has 72 valence electrons. The number of alkyl halides is 2. The van der Waals surface area contributed by atoms with Gasteiger partial charge in [0.25, 0.3) is 0 Å². The molecule has 0 nitrogen and oxygen atoms in total. The molecule has 0 saturated carbocycles. The summed E-state index contributed by atoms with van der Waals surface area (Å²) in [7, 11) is 0. The van der Waals surface area contributed by atoms with E-state index in [1.54, 1.807) is 0 Å². The Hall–Kier alpha value is 0.180. The molecule has 0 heterocycles. The first-order valence-corrected chi connectivity index (χ1v) is 6.72. The number of aryl methyl sites for hydroxylation is 2. The van der Waals surface area contributed by atoms with Crippen LogP contribution in [-0.2, 0) is 11.8 Å². The average Bonchev–Trinajstić information content (AvgIpc) is 2.16. The summed E-state index contributed by atoms with van der Waals surface area (Å²) in [6, 6.07) is 6.71. The Morgan fingerprint density at radius 2 is 2.00 bits per heavy atom. The van der Waals surface area contributed by atoms with E-state index in [0.29, 0.717) is 0 Å². The SMILES string of the molecule is Cc1cc(CBr)ccc1CCCBr. The maximum absolute atomic E-state index is 3.46. The van der Waals surface area contributed by atoms with Gasteiger partial charge in [0.05, 0.1) is 0 Å². The molecule has 0 aliphatic carbocycles. The molecule has 0 aromatic heterocycles. The van der Waals surface area contributed by atoms with E-state index >= 15 is 0 Å². The third kappa shape index (κ3) is 3.43. The molecule has 0 amide bonds. The Labute approximate surface area is 97.0 Å². The second-order valence-corrected chi connectivity index (χ2v) is 4.54. The second kappa shape index (κ2) is 5.82. The summed E-state index contributed by atoms with van der Waals surface area (Å²) in [4.78, 5) is 0. The van der Waals surface area contributed by atoms with E-state index in [9.17, 15) is 0 Å². The summed E-state index contributed by atoms with van der Waals surface area (Å²) >= 11 is 6.91. The van der Waals surface area contributed by atoms with Gasteiger partial charge in [-0.25, -0.2) is 0 Å². The molecule has 2 heteroatoms. The van der Waals surface area contributed by atoms with E-state index in [2.05, 4.69) is 57.0 Å². The van der Waals surface area contributed by atoms with Crippen molar-refractivity contribution in [2.75, 3.05) is 5.33 Å². The summed E-state index contributed by atoms with van der Waals surface area (Å²) in [5.41, 5.74) is 4.25. The van der Waals surface area contributed by atoms with E-state index in [0.717, 1.165) is 10.7 Å². The third-order valence-electron chi connectivity index (χ3n) is 2.14. The van der Waals surface area contributed by atoms with Crippen LogP contribution in [0.1, 0.15) is 23.1 Å². The highest BCUT2D eigenvalue weighted by atomic mass is 79.9. The molecular formula is C11H14Br2. The molecule has 0 fully saturated rings. The fourth-order valence-corrected chi connectivity index (χ4v) is 2.01. The Morgan fingerprint density at radius 1 is 1.23 bits per heavy atom. The van der Waals surface area contributed by atoms with Crippen LogP contribution in [0.2, 0.25) is 0 Å². The summed E-state index contributed by atoms with van der Waals surface area (Å²) in [5, 5.41) is 2.04. The van der Waals surface area contributed by atoms with Gasteiger partial charge in [0, 0.05) is 10.7 Å². The predicted molar refractivity (Wildman–Crippen MR) is 65.9 cm³/mol. The monoisotopic (exact) mass is 304 g/mol. The van der Waals surface area contributed by atoms with E-state index in [-0.39, 0.29) is 0 Å². The van der Waals surface area contributed by atoms with Crippen LogP contribution in [0.5, 0.6) is 0 Å². The molecule has 1 rings (SSSR count). The van der Waals surface area contributed by atoms with Crippen LogP contribution in [0.25, 0.3) is 0 Å². The van der Waals surface area contributed by atoms with Gasteiger partial charge >= 0.3 is 0 Å². The van der Waals surface area contributed by atoms with Crippen molar-refractivity contribution < 1.29 is 0 Å². The van der Waals surface area contributed by atoms with Crippen LogP contribution in [0.3, 0.4) is 0 Å². The Bertz CT molecular complexity index is 269. The van der Waals surface area contributed by atoms with E-state index in [4.69, 9.17) is 0 Å². The minimum atomic E-state index is 0.951. The topological polar surface area (TPSA) is 0 Å². The fourth-order valence-electron chi connectivity index (χ4n) is 1.38.